The Hall–Kier alpha value is -3.41. The van der Waals surface area contributed by atoms with Crippen molar-refractivity contribution < 1.29 is 4.79 Å². The highest BCUT2D eigenvalue weighted by Gasteiger charge is 2.34. The Labute approximate surface area is 188 Å². The van der Waals surface area contributed by atoms with Crippen molar-refractivity contribution in [3.63, 3.8) is 0 Å². The molecule has 0 aliphatic heterocycles. The first-order valence-electron chi connectivity index (χ1n) is 11.4. The molecule has 0 saturated heterocycles. The first-order chi connectivity index (χ1) is 15.7. The van der Waals surface area contributed by atoms with Gasteiger partial charge in [-0.3, -0.25) is 9.78 Å². The lowest BCUT2D eigenvalue weighted by Crippen LogP contribution is -2.42. The van der Waals surface area contributed by atoms with E-state index in [0.717, 1.165) is 29.6 Å². The Bertz CT molecular complexity index is 1220. The average molecular weight is 428 g/mol. The summed E-state index contributed by atoms with van der Waals surface area (Å²) in [5.41, 5.74) is 2.90. The van der Waals surface area contributed by atoms with Gasteiger partial charge in [-0.15, -0.1) is 0 Å². The molecule has 0 bridgehead atoms. The smallest absolute Gasteiger partial charge is 0.267 e. The van der Waals surface area contributed by atoms with Crippen LogP contribution in [0.25, 0.3) is 10.9 Å². The molecule has 3 heterocycles. The van der Waals surface area contributed by atoms with Gasteiger partial charge < -0.3 is 14.5 Å². The van der Waals surface area contributed by atoms with Crippen LogP contribution in [-0.4, -0.2) is 31.6 Å². The highest BCUT2D eigenvalue weighted by atomic mass is 16.1. The third-order valence-corrected chi connectivity index (χ3v) is 6.94. The van der Waals surface area contributed by atoms with Crippen LogP contribution in [0.4, 0.5) is 0 Å². The number of pyridine rings is 1. The number of benzene rings is 1. The van der Waals surface area contributed by atoms with Crippen LogP contribution in [-0.2, 0) is 19.0 Å². The average Bonchev–Trinajstić information content (AvgIpc) is 3.42. The van der Waals surface area contributed by atoms with Gasteiger partial charge in [0.05, 0.1) is 6.54 Å². The summed E-state index contributed by atoms with van der Waals surface area (Å²) in [6.07, 6.45) is 13.3. The number of carbonyl (C=O) groups excluding carboxylic acids is 1. The van der Waals surface area contributed by atoms with Gasteiger partial charge in [-0.1, -0.05) is 43.5 Å². The van der Waals surface area contributed by atoms with E-state index >= 15 is 0 Å². The zero-order valence-corrected chi connectivity index (χ0v) is 18.5. The van der Waals surface area contributed by atoms with E-state index in [-0.39, 0.29) is 11.3 Å². The van der Waals surface area contributed by atoms with E-state index in [1.54, 1.807) is 6.20 Å². The first-order valence-corrected chi connectivity index (χ1v) is 11.4. The van der Waals surface area contributed by atoms with Gasteiger partial charge in [0.2, 0.25) is 0 Å². The molecule has 4 aromatic rings. The van der Waals surface area contributed by atoms with Gasteiger partial charge >= 0.3 is 0 Å². The summed E-state index contributed by atoms with van der Waals surface area (Å²) in [7, 11) is 1.98. The van der Waals surface area contributed by atoms with E-state index in [1.165, 1.54) is 24.8 Å². The Balaban J connectivity index is 1.44. The predicted octanol–water partition coefficient (Wildman–Crippen LogP) is 4.45. The van der Waals surface area contributed by atoms with Crippen LogP contribution in [0.1, 0.15) is 54.0 Å². The molecule has 32 heavy (non-hydrogen) atoms. The molecule has 0 atom stereocenters. The highest BCUT2D eigenvalue weighted by molar-refractivity contribution is 5.98. The molecule has 1 aliphatic carbocycles. The molecule has 0 spiro atoms. The number of aromatic nitrogens is 4. The third kappa shape index (κ3) is 3.81. The van der Waals surface area contributed by atoms with Crippen LogP contribution < -0.4 is 5.32 Å². The van der Waals surface area contributed by atoms with Gasteiger partial charge in [0.1, 0.15) is 11.5 Å². The van der Waals surface area contributed by atoms with Crippen molar-refractivity contribution in [2.75, 3.05) is 6.54 Å². The Morgan fingerprint density at radius 2 is 1.94 bits per heavy atom. The zero-order valence-electron chi connectivity index (χ0n) is 18.5. The van der Waals surface area contributed by atoms with Crippen LogP contribution in [0.5, 0.6) is 0 Å². The van der Waals surface area contributed by atoms with Crippen LogP contribution in [0.3, 0.4) is 0 Å². The van der Waals surface area contributed by atoms with Crippen molar-refractivity contribution in [2.24, 2.45) is 7.05 Å². The molecule has 1 aliphatic rings. The number of fused-ring (bicyclic) bond motifs is 1. The van der Waals surface area contributed by atoms with Gasteiger partial charge in [-0.05, 0) is 36.6 Å². The Morgan fingerprint density at radius 3 is 2.69 bits per heavy atom. The monoisotopic (exact) mass is 427 g/mol. The summed E-state index contributed by atoms with van der Waals surface area (Å²) < 4.78 is 4.07. The quantitative estimate of drug-likeness (QED) is 0.494. The molecule has 1 N–H and O–H groups in total. The van der Waals surface area contributed by atoms with E-state index in [2.05, 4.69) is 38.1 Å². The van der Waals surface area contributed by atoms with Gasteiger partial charge in [0.15, 0.2) is 0 Å². The maximum Gasteiger partial charge on any atom is 0.267 e. The lowest BCUT2D eigenvalue weighted by Gasteiger charge is -2.37. The molecule has 6 heteroatoms. The molecule has 6 nitrogen and oxygen atoms in total. The number of para-hydroxylation sites is 1. The fourth-order valence-electron chi connectivity index (χ4n) is 5.07. The summed E-state index contributed by atoms with van der Waals surface area (Å²) in [6, 6.07) is 14.3. The summed E-state index contributed by atoms with van der Waals surface area (Å²) in [5.74, 6) is 0.878. The van der Waals surface area contributed by atoms with E-state index in [4.69, 9.17) is 0 Å². The molecule has 3 aromatic heterocycles. The summed E-state index contributed by atoms with van der Waals surface area (Å²) >= 11 is 0. The molecule has 164 valence electrons. The molecule has 5 rings (SSSR count). The predicted molar refractivity (Wildman–Crippen MR) is 126 cm³/mol. The van der Waals surface area contributed by atoms with Gasteiger partial charge in [-0.25, -0.2) is 4.98 Å². The third-order valence-electron chi connectivity index (χ3n) is 6.94. The fourth-order valence-corrected chi connectivity index (χ4v) is 5.07. The summed E-state index contributed by atoms with van der Waals surface area (Å²) in [5, 5.41) is 4.35. The number of hydrogen-bond acceptors (Lipinski definition) is 3. The second-order valence-corrected chi connectivity index (χ2v) is 8.89. The Kier molecular flexibility index (Phi) is 5.52. The summed E-state index contributed by atoms with van der Waals surface area (Å²) in [6.45, 7) is 1.18. The van der Waals surface area contributed by atoms with Crippen LogP contribution in [0.2, 0.25) is 0 Å². The van der Waals surface area contributed by atoms with E-state index in [0.29, 0.717) is 18.8 Å². The number of hydrogen-bond donors (Lipinski definition) is 1. The van der Waals surface area contributed by atoms with Gasteiger partial charge in [0.25, 0.3) is 5.91 Å². The number of amides is 1. The lowest BCUT2D eigenvalue weighted by molar-refractivity contribution is 0.0928. The topological polar surface area (TPSA) is 64.7 Å². The van der Waals surface area contributed by atoms with E-state index in [1.807, 2.05) is 54.5 Å². The molecular formula is C26H29N5O. The lowest BCUT2D eigenvalue weighted by atomic mass is 9.70. The second-order valence-electron chi connectivity index (χ2n) is 8.89. The molecule has 0 radical (unpaired) electrons. The van der Waals surface area contributed by atoms with E-state index in [9.17, 15) is 4.79 Å². The molecule has 0 unspecified atom stereocenters. The molecular weight excluding hydrogens is 398 g/mol. The SMILES string of the molecule is Cn1ccnc1Cn1c(C(=O)NCC2(c3cccnc3)CCCCC2)cc2ccccc21. The fraction of sp³-hybridized carbons (Fsp3) is 0.346. The van der Waals surface area contributed by atoms with E-state index < -0.39 is 0 Å². The highest BCUT2D eigenvalue weighted by Crippen LogP contribution is 2.38. The summed E-state index contributed by atoms with van der Waals surface area (Å²) in [4.78, 5) is 22.3. The van der Waals surface area contributed by atoms with Crippen molar-refractivity contribution >= 4 is 16.8 Å². The molecule has 1 saturated carbocycles. The maximum atomic E-state index is 13.5. The minimum absolute atomic E-state index is 0.0377. The van der Waals surface area contributed by atoms with Crippen molar-refractivity contribution in [1.29, 1.82) is 0 Å². The van der Waals surface area contributed by atoms with Crippen LogP contribution in [0.15, 0.2) is 67.3 Å². The van der Waals surface area contributed by atoms with Crippen molar-refractivity contribution in [3.05, 3.63) is 84.3 Å². The minimum Gasteiger partial charge on any atom is -0.350 e. The number of nitrogens with zero attached hydrogens (tertiary/aromatic N) is 4. The zero-order chi connectivity index (χ0) is 22.0. The maximum absolute atomic E-state index is 13.5. The molecule has 1 amide bonds. The number of aryl methyl sites for hydroxylation is 1. The van der Waals surface area contributed by atoms with Crippen molar-refractivity contribution in [2.45, 2.75) is 44.1 Å². The number of rotatable bonds is 6. The van der Waals surface area contributed by atoms with Crippen LogP contribution >= 0.6 is 0 Å². The van der Waals surface area contributed by atoms with Gasteiger partial charge in [0, 0.05) is 54.7 Å². The standard InChI is InChI=1S/C26H29N5O/c1-30-15-14-28-24(30)18-31-22-10-4-3-8-20(22)16-23(31)25(32)29-19-26(11-5-2-6-12-26)21-9-7-13-27-17-21/h3-4,7-10,13-17H,2,5-6,11-12,18-19H2,1H3,(H,29,32). The number of nitrogens with one attached hydrogen (secondary N) is 1. The van der Waals surface area contributed by atoms with Crippen LogP contribution in [0, 0.1) is 0 Å². The minimum atomic E-state index is -0.0430. The normalized spacial score (nSPS) is 15.7. The first kappa shape index (κ1) is 20.5. The largest absolute Gasteiger partial charge is 0.350 e. The Morgan fingerprint density at radius 1 is 1.09 bits per heavy atom. The molecule has 1 fully saturated rings. The van der Waals surface area contributed by atoms with Crippen molar-refractivity contribution in [3.8, 4) is 0 Å². The number of imidazole rings is 1. The molecule has 1 aromatic carbocycles. The second kappa shape index (κ2) is 8.61. The van der Waals surface area contributed by atoms with Crippen molar-refractivity contribution in [1.82, 2.24) is 24.4 Å². The van der Waals surface area contributed by atoms with Gasteiger partial charge in [-0.2, -0.15) is 0 Å². The number of carbonyl (C=O) groups is 1.